The Morgan fingerprint density at radius 2 is 0.655 bits per heavy atom. The molecule has 2 heterocycles. The van der Waals surface area contributed by atoms with E-state index in [1.54, 1.807) is 12.1 Å². The quantitative estimate of drug-likeness (QED) is 0.0818. The van der Waals surface area contributed by atoms with Crippen molar-refractivity contribution in [2.24, 2.45) is 0 Å². The number of nitrogens with one attached hydrogen (secondary N) is 2. The van der Waals surface area contributed by atoms with Crippen LogP contribution in [0.5, 0.6) is 46.5 Å². The fraction of sp³-hybridized carbons (Fsp3) is 0. The number of nitrogens with zero attached hydrogens (tertiary/aromatic N) is 4. The Hall–Kier alpha value is -5.98. The van der Waals surface area contributed by atoms with Gasteiger partial charge in [-0.3, -0.25) is 0 Å². The summed E-state index contributed by atoms with van der Waals surface area (Å²) in [5.74, 6) is 4.82. The van der Waals surface area contributed by atoms with E-state index >= 15 is 0 Å². The fourth-order valence-corrected chi connectivity index (χ4v) is 7.17. The van der Waals surface area contributed by atoms with Crippen LogP contribution in [0.3, 0.4) is 0 Å². The molecule has 0 radical (unpaired) electrons. The number of aromatic nitrogens is 4. The zero-order valence-electron chi connectivity index (χ0n) is 31.7. The van der Waals surface area contributed by atoms with Gasteiger partial charge in [-0.15, -0.1) is 0 Å². The van der Waals surface area contributed by atoms with E-state index in [1.807, 2.05) is 133 Å². The molecular formula is C46H32N6Na2O4. The van der Waals surface area contributed by atoms with Crippen molar-refractivity contribution in [2.75, 3.05) is 10.6 Å². The van der Waals surface area contributed by atoms with E-state index in [1.165, 1.54) is 5.63 Å². The zero-order valence-corrected chi connectivity index (χ0v) is 35.7. The van der Waals surface area contributed by atoms with Crippen molar-refractivity contribution < 1.29 is 18.9 Å². The van der Waals surface area contributed by atoms with Gasteiger partial charge >= 0.3 is 374 Å². The van der Waals surface area contributed by atoms with Crippen molar-refractivity contribution in [1.82, 2.24) is 19.9 Å². The normalized spacial score (nSPS) is 10.9. The molecule has 58 heavy (non-hydrogen) atoms. The molecule has 0 aliphatic heterocycles. The monoisotopic (exact) mass is 778 g/mol. The second-order valence-corrected chi connectivity index (χ2v) is 15.3. The van der Waals surface area contributed by atoms with Gasteiger partial charge in [0, 0.05) is 0 Å². The first-order chi connectivity index (χ1) is 28.5. The van der Waals surface area contributed by atoms with Gasteiger partial charge in [0.05, 0.1) is 0 Å². The minimum atomic E-state index is 0.360. The van der Waals surface area contributed by atoms with Crippen LogP contribution >= 0.6 is 0 Å². The van der Waals surface area contributed by atoms with Crippen molar-refractivity contribution in [3.05, 3.63) is 181 Å². The third-order valence-electron chi connectivity index (χ3n) is 8.72. The maximum atomic E-state index is 6.06. The molecule has 0 aliphatic carbocycles. The van der Waals surface area contributed by atoms with Gasteiger partial charge in [0.2, 0.25) is 0 Å². The minimum absolute atomic E-state index is 0.360. The molecule has 0 saturated heterocycles. The van der Waals surface area contributed by atoms with Gasteiger partial charge in [-0.1, -0.05) is 0 Å². The predicted molar refractivity (Wildman–Crippen MR) is 229 cm³/mol. The van der Waals surface area contributed by atoms with E-state index in [0.717, 1.165) is 78.4 Å². The van der Waals surface area contributed by atoms with E-state index in [9.17, 15) is 0 Å². The first kappa shape index (κ1) is 38.9. The molecule has 272 valence electrons. The van der Waals surface area contributed by atoms with E-state index < -0.39 is 0 Å². The summed E-state index contributed by atoms with van der Waals surface area (Å²) in [4.78, 5) is 18.5. The summed E-state index contributed by atoms with van der Waals surface area (Å²) in [5, 5.41) is 6.71. The van der Waals surface area contributed by atoms with Gasteiger partial charge in [-0.2, -0.15) is 0 Å². The summed E-state index contributed by atoms with van der Waals surface area (Å²) in [6, 6.07) is 53.9. The average molecular weight is 779 g/mol. The van der Waals surface area contributed by atoms with Crippen molar-refractivity contribution in [3.8, 4) is 46.5 Å². The molecule has 0 aliphatic rings. The molecule has 12 heteroatoms. The Labute approximate surface area is 370 Å². The van der Waals surface area contributed by atoms with Crippen LogP contribution in [0.15, 0.2) is 170 Å². The van der Waals surface area contributed by atoms with Crippen molar-refractivity contribution in [2.45, 2.75) is 0 Å². The Morgan fingerprint density at radius 3 is 0.931 bits per heavy atom. The topological polar surface area (TPSA) is 113 Å². The fourth-order valence-electron chi connectivity index (χ4n) is 5.88. The van der Waals surface area contributed by atoms with Gasteiger partial charge < -0.3 is 0 Å². The van der Waals surface area contributed by atoms with E-state index in [0.29, 0.717) is 58.4 Å². The molecule has 6 aromatic carbocycles. The van der Waals surface area contributed by atoms with E-state index in [2.05, 4.69) is 67.0 Å². The number of para-hydroxylation sites is 4. The molecule has 2 aromatic heterocycles. The molecule has 0 spiro atoms. The number of anilines is 4. The second-order valence-electron chi connectivity index (χ2n) is 13.1. The summed E-state index contributed by atoms with van der Waals surface area (Å²) < 4.78 is 26.7. The molecule has 0 amide bonds. The molecule has 8 aromatic rings. The van der Waals surface area contributed by atoms with Crippen LogP contribution in [-0.4, -0.2) is 75.8 Å². The van der Waals surface area contributed by atoms with Crippen LogP contribution in [0, 0.1) is 0 Å². The molecule has 0 bridgehead atoms. The Bertz CT molecular complexity index is 2350. The number of hydrogen-bond acceptors (Lipinski definition) is 10. The Kier molecular flexibility index (Phi) is 12.7. The molecule has 0 saturated carbocycles. The summed E-state index contributed by atoms with van der Waals surface area (Å²) in [5.41, 5.74) is 4.01. The van der Waals surface area contributed by atoms with Gasteiger partial charge in [-0.05, 0) is 0 Å². The summed E-state index contributed by atoms with van der Waals surface area (Å²) >= 11 is 1.66. The van der Waals surface area contributed by atoms with Crippen LogP contribution in [0.4, 0.5) is 23.3 Å². The van der Waals surface area contributed by atoms with Gasteiger partial charge in [0.15, 0.2) is 0 Å². The van der Waals surface area contributed by atoms with Crippen LogP contribution in [0.2, 0.25) is 0 Å². The number of rotatable bonds is 14. The first-order valence-corrected chi connectivity index (χ1v) is 20.6. The third-order valence-corrected chi connectivity index (χ3v) is 10.4. The summed E-state index contributed by atoms with van der Waals surface area (Å²) in [7, 11) is 0. The van der Waals surface area contributed by atoms with Gasteiger partial charge in [0.25, 0.3) is 0 Å². The van der Waals surface area contributed by atoms with Gasteiger partial charge in [-0.25, -0.2) is 0 Å². The molecule has 10 nitrogen and oxygen atoms in total. The zero-order chi connectivity index (χ0) is 39.5. The molecular weight excluding hydrogens is 747 g/mol. The van der Waals surface area contributed by atoms with Crippen molar-refractivity contribution >= 4 is 96.9 Å². The maximum absolute atomic E-state index is 6.06. The number of hydrogen-bond donors (Lipinski definition) is 2. The van der Waals surface area contributed by atoms with Crippen LogP contribution < -0.4 is 35.2 Å². The number of benzene rings is 6. The van der Waals surface area contributed by atoms with E-state index in [-0.39, 0.29) is 0 Å². The second kappa shape index (κ2) is 19.0. The summed E-state index contributed by atoms with van der Waals surface area (Å²) in [6.45, 7) is 0. The molecule has 0 unspecified atom stereocenters. The van der Waals surface area contributed by atoms with E-state index in [4.69, 9.17) is 18.9 Å². The standard InChI is InChI=1S/C46H32N6O4.2Na/c1-5-13-37(14-6-1)53-41-31-42(54-38-15-7-2-8-16-38)50-45(49-41)47-35-27-23-33(24-28-35)21-22-34-25-29-36(30-26-34)48-46-51-43(55-39-17-9-3-10-18-39)32-44(52-46)56-40-19-11-4-12-20-40;;/h1-23,25,27-32H,(H,47,49,50)(H,48,51,52);;. The molecule has 0 fully saturated rings. The van der Waals surface area contributed by atoms with Crippen LogP contribution in [0.25, 0.3) is 12.2 Å². The SMILES string of the molecule is [Na][c]1cc(Nc2nc(Oc3ccccc3)cc(Oc3ccccc3)n2)ccc1C=Cc1ccc(Nc2nc(Oc3ccccc3)cc(Oc3ccccc3)n2)c[c]1[Na]. The van der Waals surface area contributed by atoms with Crippen LogP contribution in [0.1, 0.15) is 11.1 Å². The number of ether oxygens (including phenoxy) is 4. The van der Waals surface area contributed by atoms with Crippen molar-refractivity contribution in [3.63, 3.8) is 0 Å². The first-order valence-electron chi connectivity index (χ1n) is 18.6. The summed E-state index contributed by atoms with van der Waals surface area (Å²) in [6.07, 6.45) is 4.32. The van der Waals surface area contributed by atoms with Crippen molar-refractivity contribution in [1.29, 1.82) is 0 Å². The Morgan fingerprint density at radius 1 is 0.362 bits per heavy atom. The molecule has 8 rings (SSSR count). The Balaban J connectivity index is 0.966. The molecule has 2 N–H and O–H groups in total. The molecule has 0 atom stereocenters. The van der Waals surface area contributed by atoms with Gasteiger partial charge in [0.1, 0.15) is 0 Å². The predicted octanol–water partition coefficient (Wildman–Crippen LogP) is 9.68. The van der Waals surface area contributed by atoms with Crippen LogP contribution in [-0.2, 0) is 0 Å². The third kappa shape index (κ3) is 10.9. The average Bonchev–Trinajstić information content (AvgIpc) is 3.22.